The summed E-state index contributed by atoms with van der Waals surface area (Å²) in [7, 11) is 0. The summed E-state index contributed by atoms with van der Waals surface area (Å²) in [6, 6.07) is 13.2. The number of aryl methyl sites for hydroxylation is 1. The van der Waals surface area contributed by atoms with Crippen LogP contribution in [0.25, 0.3) is 27.8 Å². The molecule has 0 unspecified atom stereocenters. The van der Waals surface area contributed by atoms with Crippen molar-refractivity contribution in [1.82, 2.24) is 9.55 Å². The van der Waals surface area contributed by atoms with Gasteiger partial charge in [0.25, 0.3) is 0 Å². The van der Waals surface area contributed by atoms with Crippen LogP contribution in [0.1, 0.15) is 18.4 Å². The molecule has 1 saturated carbocycles. The molecule has 2 aromatic heterocycles. The first-order valence-corrected chi connectivity index (χ1v) is 9.44. The summed E-state index contributed by atoms with van der Waals surface area (Å²) >= 11 is 6.23. The molecule has 0 bridgehead atoms. The molecule has 27 heavy (non-hydrogen) atoms. The van der Waals surface area contributed by atoms with E-state index in [-0.39, 0.29) is 5.69 Å². The number of halogens is 1. The van der Waals surface area contributed by atoms with Gasteiger partial charge >= 0.3 is 5.69 Å². The number of furan rings is 1. The molecule has 2 heterocycles. The standard InChI is InChI=1S/C21H18ClN3O2/c1-12-3-2-4-15(9-12)25-18-16-10-14(22)7-8-17(16)27-19(18)20(24-21(25)26)23-11-13-5-6-13/h2-4,7-10,13H,5-6,11H2,1H3,(H,23,24,26). The summed E-state index contributed by atoms with van der Waals surface area (Å²) in [6.45, 7) is 2.79. The number of hydrogen-bond acceptors (Lipinski definition) is 4. The van der Waals surface area contributed by atoms with Gasteiger partial charge in [-0.05, 0) is 61.6 Å². The lowest BCUT2D eigenvalue weighted by Crippen LogP contribution is -2.23. The number of fused-ring (bicyclic) bond motifs is 3. The first kappa shape index (κ1) is 16.4. The molecule has 136 valence electrons. The van der Waals surface area contributed by atoms with Gasteiger partial charge in [-0.15, -0.1) is 0 Å². The monoisotopic (exact) mass is 379 g/mol. The van der Waals surface area contributed by atoms with Crippen molar-refractivity contribution < 1.29 is 4.42 Å². The maximum Gasteiger partial charge on any atom is 0.354 e. The van der Waals surface area contributed by atoms with E-state index in [1.165, 1.54) is 12.8 Å². The molecule has 0 radical (unpaired) electrons. The Morgan fingerprint density at radius 1 is 1.26 bits per heavy atom. The summed E-state index contributed by atoms with van der Waals surface area (Å²) in [4.78, 5) is 17.3. The fraction of sp³-hybridized carbons (Fsp3) is 0.238. The average Bonchev–Trinajstić information content (AvgIpc) is 3.40. The smallest absolute Gasteiger partial charge is 0.354 e. The largest absolute Gasteiger partial charge is 0.450 e. The Morgan fingerprint density at radius 2 is 2.11 bits per heavy atom. The quantitative estimate of drug-likeness (QED) is 0.547. The van der Waals surface area contributed by atoms with E-state index in [1.54, 1.807) is 10.6 Å². The predicted octanol–water partition coefficient (Wildman–Crippen LogP) is 4.92. The third-order valence-corrected chi connectivity index (χ3v) is 5.21. The van der Waals surface area contributed by atoms with Gasteiger partial charge in [-0.3, -0.25) is 4.57 Å². The number of nitrogens with zero attached hydrogens (tertiary/aromatic N) is 2. The van der Waals surface area contributed by atoms with Crippen LogP contribution in [0.3, 0.4) is 0 Å². The van der Waals surface area contributed by atoms with Crippen LogP contribution >= 0.6 is 11.6 Å². The fourth-order valence-electron chi connectivity index (χ4n) is 3.42. The predicted molar refractivity (Wildman–Crippen MR) is 108 cm³/mol. The van der Waals surface area contributed by atoms with Gasteiger partial charge < -0.3 is 9.73 Å². The van der Waals surface area contributed by atoms with Gasteiger partial charge in [0.2, 0.25) is 0 Å². The molecule has 1 aliphatic carbocycles. The maximum absolute atomic E-state index is 13.0. The minimum absolute atomic E-state index is 0.339. The second-order valence-electron chi connectivity index (χ2n) is 7.16. The van der Waals surface area contributed by atoms with Crippen molar-refractivity contribution in [2.75, 3.05) is 11.9 Å². The molecule has 2 aromatic carbocycles. The number of hydrogen-bond donors (Lipinski definition) is 1. The summed E-state index contributed by atoms with van der Waals surface area (Å²) < 4.78 is 7.70. The second-order valence-corrected chi connectivity index (χ2v) is 7.60. The molecule has 0 saturated heterocycles. The van der Waals surface area contributed by atoms with E-state index >= 15 is 0 Å². The normalized spacial score (nSPS) is 14.1. The molecule has 0 atom stereocenters. The van der Waals surface area contributed by atoms with E-state index < -0.39 is 0 Å². The summed E-state index contributed by atoms with van der Waals surface area (Å²) in [5.41, 5.74) is 3.43. The van der Waals surface area contributed by atoms with Crippen molar-refractivity contribution in [3.8, 4) is 5.69 Å². The summed E-state index contributed by atoms with van der Waals surface area (Å²) in [5, 5.41) is 4.70. The van der Waals surface area contributed by atoms with Crippen molar-refractivity contribution >= 4 is 39.5 Å². The van der Waals surface area contributed by atoms with E-state index in [4.69, 9.17) is 16.0 Å². The van der Waals surface area contributed by atoms with Gasteiger partial charge in [0.05, 0.1) is 5.69 Å². The van der Waals surface area contributed by atoms with Crippen molar-refractivity contribution in [3.63, 3.8) is 0 Å². The highest BCUT2D eigenvalue weighted by molar-refractivity contribution is 6.31. The van der Waals surface area contributed by atoms with Crippen molar-refractivity contribution in [1.29, 1.82) is 0 Å². The van der Waals surface area contributed by atoms with Crippen LogP contribution in [0.4, 0.5) is 5.82 Å². The lowest BCUT2D eigenvalue weighted by atomic mass is 10.2. The van der Waals surface area contributed by atoms with E-state index in [0.29, 0.717) is 33.4 Å². The Morgan fingerprint density at radius 3 is 2.89 bits per heavy atom. The van der Waals surface area contributed by atoms with Crippen LogP contribution in [0.2, 0.25) is 5.02 Å². The highest BCUT2D eigenvalue weighted by Gasteiger charge is 2.24. The molecule has 0 aliphatic heterocycles. The van der Waals surface area contributed by atoms with E-state index in [9.17, 15) is 4.79 Å². The Balaban J connectivity index is 1.84. The van der Waals surface area contributed by atoms with Gasteiger partial charge in [-0.2, -0.15) is 4.98 Å². The molecular formula is C21H18ClN3O2. The first-order chi connectivity index (χ1) is 13.1. The minimum atomic E-state index is -0.339. The summed E-state index contributed by atoms with van der Waals surface area (Å²) in [5.74, 6) is 1.15. The molecule has 5 nitrogen and oxygen atoms in total. The SMILES string of the molecule is Cc1cccc(-n2c(=O)nc(NCC3CC3)c3oc4ccc(Cl)cc4c32)c1. The minimum Gasteiger partial charge on any atom is -0.450 e. The Labute approximate surface area is 160 Å². The zero-order valence-electron chi connectivity index (χ0n) is 14.8. The highest BCUT2D eigenvalue weighted by Crippen LogP contribution is 2.35. The van der Waals surface area contributed by atoms with Crippen LogP contribution in [0, 0.1) is 12.8 Å². The number of aromatic nitrogens is 2. The molecule has 0 spiro atoms. The third-order valence-electron chi connectivity index (χ3n) is 4.98. The van der Waals surface area contributed by atoms with Gasteiger partial charge in [-0.1, -0.05) is 23.7 Å². The molecule has 6 heteroatoms. The third kappa shape index (κ3) is 2.88. The van der Waals surface area contributed by atoms with Gasteiger partial charge in [0.1, 0.15) is 11.1 Å². The van der Waals surface area contributed by atoms with Crippen LogP contribution in [-0.4, -0.2) is 16.1 Å². The molecule has 0 amide bonds. The molecule has 1 fully saturated rings. The number of anilines is 1. The Hall–Kier alpha value is -2.79. The molecule has 4 aromatic rings. The van der Waals surface area contributed by atoms with Crippen molar-refractivity contribution in [3.05, 3.63) is 63.5 Å². The van der Waals surface area contributed by atoms with Crippen LogP contribution in [0.15, 0.2) is 51.7 Å². The van der Waals surface area contributed by atoms with Crippen LogP contribution in [0.5, 0.6) is 0 Å². The number of benzene rings is 2. The topological polar surface area (TPSA) is 60.1 Å². The van der Waals surface area contributed by atoms with Gasteiger partial charge in [0, 0.05) is 17.0 Å². The van der Waals surface area contributed by atoms with E-state index in [0.717, 1.165) is 23.2 Å². The molecular weight excluding hydrogens is 362 g/mol. The van der Waals surface area contributed by atoms with Crippen LogP contribution < -0.4 is 11.0 Å². The lowest BCUT2D eigenvalue weighted by molar-refractivity contribution is 0.663. The maximum atomic E-state index is 13.0. The molecule has 1 aliphatic rings. The molecule has 1 N–H and O–H groups in total. The highest BCUT2D eigenvalue weighted by atomic mass is 35.5. The van der Waals surface area contributed by atoms with Gasteiger partial charge in [-0.25, -0.2) is 4.79 Å². The average molecular weight is 380 g/mol. The second kappa shape index (κ2) is 6.13. The fourth-order valence-corrected chi connectivity index (χ4v) is 3.59. The Bertz CT molecular complexity index is 1240. The first-order valence-electron chi connectivity index (χ1n) is 9.06. The van der Waals surface area contributed by atoms with Crippen LogP contribution in [-0.2, 0) is 0 Å². The van der Waals surface area contributed by atoms with Gasteiger partial charge in [0.15, 0.2) is 11.4 Å². The lowest BCUT2D eigenvalue weighted by Gasteiger charge is -2.11. The van der Waals surface area contributed by atoms with E-state index in [2.05, 4.69) is 10.3 Å². The summed E-state index contributed by atoms with van der Waals surface area (Å²) in [6.07, 6.45) is 2.43. The molecule has 5 rings (SSSR count). The zero-order chi connectivity index (χ0) is 18.5. The van der Waals surface area contributed by atoms with E-state index in [1.807, 2.05) is 43.3 Å². The van der Waals surface area contributed by atoms with Crippen molar-refractivity contribution in [2.45, 2.75) is 19.8 Å². The Kier molecular flexibility index (Phi) is 3.72. The zero-order valence-corrected chi connectivity index (χ0v) is 15.6. The van der Waals surface area contributed by atoms with Crippen molar-refractivity contribution in [2.24, 2.45) is 5.92 Å². The number of nitrogens with one attached hydrogen (secondary N) is 1. The number of rotatable bonds is 4.